The summed E-state index contributed by atoms with van der Waals surface area (Å²) in [6.45, 7) is 0. The average molecular weight is 336 g/mol. The first-order chi connectivity index (χ1) is 10.9. The van der Waals surface area contributed by atoms with Gasteiger partial charge in [0.05, 0.1) is 20.8 Å². The number of hydrogen-bond donors (Lipinski definition) is 1. The van der Waals surface area contributed by atoms with Gasteiger partial charge < -0.3 is 4.72 Å². The maximum absolute atomic E-state index is 11.0. The van der Waals surface area contributed by atoms with E-state index in [1.807, 2.05) is 0 Å². The fraction of sp³-hybridized carbons (Fsp3) is 0. The molecule has 0 heterocycles. The van der Waals surface area contributed by atoms with E-state index in [4.69, 9.17) is 0 Å². The van der Waals surface area contributed by atoms with Gasteiger partial charge in [-0.25, -0.2) is 0 Å². The maximum Gasteiger partial charge on any atom is 0.291 e. The molecule has 0 unspecified atom stereocenters. The molecule has 118 valence electrons. The van der Waals surface area contributed by atoms with Crippen LogP contribution < -0.4 is 4.72 Å². The first kappa shape index (κ1) is 16.2. The zero-order valence-corrected chi connectivity index (χ0v) is 12.1. The van der Waals surface area contributed by atoms with E-state index in [1.165, 1.54) is 30.3 Å². The molecule has 2 aromatic carbocycles. The van der Waals surface area contributed by atoms with Crippen LogP contribution in [0, 0.1) is 30.3 Å². The molecule has 0 fully saturated rings. The van der Waals surface area contributed by atoms with Gasteiger partial charge in [0.2, 0.25) is 0 Å². The van der Waals surface area contributed by atoms with Crippen molar-refractivity contribution in [3.8, 4) is 0 Å². The monoisotopic (exact) mass is 336 g/mol. The van der Waals surface area contributed by atoms with Crippen molar-refractivity contribution in [3.63, 3.8) is 0 Å². The van der Waals surface area contributed by atoms with Crippen LogP contribution in [0.4, 0.5) is 22.7 Å². The Hall–Kier alpha value is -3.21. The molecule has 2 rings (SSSR count). The molecule has 11 heteroatoms. The molecule has 0 saturated heterocycles. The van der Waals surface area contributed by atoms with Crippen molar-refractivity contribution in [2.24, 2.45) is 0 Å². The molecule has 0 aliphatic rings. The highest BCUT2D eigenvalue weighted by Gasteiger charge is 2.20. The molecular formula is C12H8N4O6S. The van der Waals surface area contributed by atoms with Gasteiger partial charge in [0.25, 0.3) is 17.1 Å². The smallest absolute Gasteiger partial charge is 0.291 e. The molecule has 0 bridgehead atoms. The fourth-order valence-electron chi connectivity index (χ4n) is 1.61. The Labute approximate surface area is 132 Å². The number of nitro groups is 3. The zero-order chi connectivity index (χ0) is 17.0. The average Bonchev–Trinajstić information content (AvgIpc) is 2.52. The van der Waals surface area contributed by atoms with Crippen LogP contribution in [0.25, 0.3) is 0 Å². The summed E-state index contributed by atoms with van der Waals surface area (Å²) in [5.74, 6) is 0. The first-order valence-electron chi connectivity index (χ1n) is 5.98. The van der Waals surface area contributed by atoms with Crippen LogP contribution in [-0.4, -0.2) is 14.8 Å². The lowest BCUT2D eigenvalue weighted by Gasteiger charge is -2.05. The Morgan fingerprint density at radius 3 is 1.87 bits per heavy atom. The van der Waals surface area contributed by atoms with Gasteiger partial charge in [-0.2, -0.15) is 0 Å². The normalized spacial score (nSPS) is 10.1. The van der Waals surface area contributed by atoms with Crippen molar-refractivity contribution >= 4 is 34.7 Å². The minimum Gasteiger partial charge on any atom is -0.325 e. The number of nitrogens with one attached hydrogen (secondary N) is 1. The maximum atomic E-state index is 11.0. The van der Waals surface area contributed by atoms with Crippen LogP contribution in [0.15, 0.2) is 47.4 Å². The number of nitro benzene ring substituents is 3. The molecule has 10 nitrogen and oxygen atoms in total. The molecular weight excluding hydrogens is 328 g/mol. The number of benzene rings is 2. The molecule has 0 saturated carbocycles. The molecule has 0 aromatic heterocycles. The molecule has 0 aliphatic heterocycles. The molecule has 0 atom stereocenters. The fourth-order valence-corrected chi connectivity index (χ4v) is 2.35. The molecule has 0 aliphatic carbocycles. The molecule has 0 radical (unpaired) electrons. The van der Waals surface area contributed by atoms with E-state index < -0.39 is 20.5 Å². The molecule has 2 aromatic rings. The summed E-state index contributed by atoms with van der Waals surface area (Å²) in [5.41, 5.74) is -0.370. The summed E-state index contributed by atoms with van der Waals surface area (Å²) in [5, 5.41) is 32.2. The van der Waals surface area contributed by atoms with Crippen LogP contribution in [0.1, 0.15) is 0 Å². The summed E-state index contributed by atoms with van der Waals surface area (Å²) in [6, 6.07) is 8.76. The highest BCUT2D eigenvalue weighted by Crippen LogP contribution is 2.33. The third-order valence-corrected chi connectivity index (χ3v) is 3.61. The Bertz CT molecular complexity index is 780. The SMILES string of the molecule is O=[N+]([O-])c1ccc(NSc2ccc([N+](=O)[O-])cc2[N+](=O)[O-])cc1. The first-order valence-corrected chi connectivity index (χ1v) is 6.80. The van der Waals surface area contributed by atoms with Crippen LogP contribution in [0.3, 0.4) is 0 Å². The van der Waals surface area contributed by atoms with Crippen LogP contribution >= 0.6 is 11.9 Å². The van der Waals surface area contributed by atoms with Gasteiger partial charge in [0.15, 0.2) is 0 Å². The second-order valence-electron chi connectivity index (χ2n) is 4.17. The van der Waals surface area contributed by atoms with Crippen molar-refractivity contribution in [1.29, 1.82) is 0 Å². The summed E-state index contributed by atoms with van der Waals surface area (Å²) < 4.78 is 2.79. The lowest BCUT2D eigenvalue weighted by molar-refractivity contribution is -0.396. The van der Waals surface area contributed by atoms with Crippen LogP contribution in [0.5, 0.6) is 0 Å². The Balaban J connectivity index is 2.18. The van der Waals surface area contributed by atoms with Crippen LogP contribution in [0.2, 0.25) is 0 Å². The Morgan fingerprint density at radius 2 is 1.35 bits per heavy atom. The quantitative estimate of drug-likeness (QED) is 0.479. The van der Waals surface area contributed by atoms with Gasteiger partial charge in [-0.3, -0.25) is 30.3 Å². The summed E-state index contributed by atoms with van der Waals surface area (Å²) in [7, 11) is 0. The van der Waals surface area contributed by atoms with Gasteiger partial charge in [-0.05, 0) is 30.1 Å². The van der Waals surface area contributed by atoms with Gasteiger partial charge in [-0.15, -0.1) is 0 Å². The summed E-state index contributed by atoms with van der Waals surface area (Å²) in [4.78, 5) is 30.4. The van der Waals surface area contributed by atoms with Gasteiger partial charge in [-0.1, -0.05) is 0 Å². The van der Waals surface area contributed by atoms with Crippen molar-refractivity contribution in [2.75, 3.05) is 4.72 Å². The van der Waals surface area contributed by atoms with E-state index in [0.29, 0.717) is 5.69 Å². The van der Waals surface area contributed by atoms with Crippen molar-refractivity contribution in [1.82, 2.24) is 0 Å². The predicted molar refractivity (Wildman–Crippen MR) is 82.3 cm³/mol. The topological polar surface area (TPSA) is 141 Å². The van der Waals surface area contributed by atoms with E-state index in [9.17, 15) is 30.3 Å². The number of hydrogen-bond acceptors (Lipinski definition) is 8. The largest absolute Gasteiger partial charge is 0.325 e. The predicted octanol–water partition coefficient (Wildman–Crippen LogP) is 3.53. The second-order valence-corrected chi connectivity index (χ2v) is 5.02. The number of anilines is 1. The van der Waals surface area contributed by atoms with Crippen LogP contribution in [-0.2, 0) is 0 Å². The summed E-state index contributed by atoms with van der Waals surface area (Å²) >= 11 is 0.879. The molecule has 23 heavy (non-hydrogen) atoms. The standard InChI is InChI=1S/C12H8N4O6S/c17-14(18)9-3-1-8(2-4-9)13-23-12-6-5-10(15(19)20)7-11(12)16(21)22/h1-7,13H. The number of non-ortho nitro benzene ring substituents is 2. The third kappa shape index (κ3) is 3.91. The third-order valence-electron chi connectivity index (χ3n) is 2.71. The van der Waals surface area contributed by atoms with Crippen molar-refractivity contribution in [3.05, 3.63) is 72.8 Å². The van der Waals surface area contributed by atoms with E-state index in [-0.39, 0.29) is 16.3 Å². The van der Waals surface area contributed by atoms with E-state index in [0.717, 1.165) is 24.1 Å². The Kier molecular flexibility index (Phi) is 4.71. The molecule has 0 spiro atoms. The van der Waals surface area contributed by atoms with Gasteiger partial charge in [0, 0.05) is 23.9 Å². The minimum atomic E-state index is -0.717. The number of nitrogens with zero attached hydrogens (tertiary/aromatic N) is 3. The second kappa shape index (κ2) is 6.70. The van der Waals surface area contributed by atoms with E-state index in [2.05, 4.69) is 4.72 Å². The minimum absolute atomic E-state index is 0.0816. The van der Waals surface area contributed by atoms with Crippen molar-refractivity contribution in [2.45, 2.75) is 4.90 Å². The summed E-state index contributed by atoms with van der Waals surface area (Å²) in [6.07, 6.45) is 0. The molecule has 0 amide bonds. The van der Waals surface area contributed by atoms with E-state index in [1.54, 1.807) is 0 Å². The Morgan fingerprint density at radius 1 is 0.783 bits per heavy atom. The highest BCUT2D eigenvalue weighted by atomic mass is 32.2. The molecule has 1 N–H and O–H groups in total. The van der Waals surface area contributed by atoms with Gasteiger partial charge >= 0.3 is 0 Å². The number of rotatable bonds is 6. The lowest BCUT2D eigenvalue weighted by Crippen LogP contribution is -1.96. The highest BCUT2D eigenvalue weighted by molar-refractivity contribution is 8.00. The van der Waals surface area contributed by atoms with Gasteiger partial charge in [0.1, 0.15) is 4.90 Å². The lowest BCUT2D eigenvalue weighted by atomic mass is 10.3. The zero-order valence-electron chi connectivity index (χ0n) is 11.2. The van der Waals surface area contributed by atoms with E-state index >= 15 is 0 Å². The van der Waals surface area contributed by atoms with Crippen molar-refractivity contribution < 1.29 is 14.8 Å².